The number of nitrogens with zero attached hydrogens (tertiary/aromatic N) is 2. The highest BCUT2D eigenvalue weighted by molar-refractivity contribution is 7.89. The van der Waals surface area contributed by atoms with Gasteiger partial charge < -0.3 is 5.32 Å². The second-order valence-corrected chi connectivity index (χ2v) is 7.46. The quantitative estimate of drug-likeness (QED) is 0.676. The molecule has 2 unspecified atom stereocenters. The minimum absolute atomic E-state index is 0.00332. The fourth-order valence-electron chi connectivity index (χ4n) is 3.33. The van der Waals surface area contributed by atoms with Crippen LogP contribution in [-0.2, 0) is 10.0 Å². The zero-order valence-electron chi connectivity index (χ0n) is 11.7. The highest BCUT2D eigenvalue weighted by atomic mass is 32.2. The lowest BCUT2D eigenvalue weighted by molar-refractivity contribution is -0.387. The van der Waals surface area contributed by atoms with Crippen molar-refractivity contribution in [3.63, 3.8) is 0 Å². The van der Waals surface area contributed by atoms with E-state index >= 15 is 0 Å². The van der Waals surface area contributed by atoms with Gasteiger partial charge in [0, 0.05) is 31.4 Å². The van der Waals surface area contributed by atoms with Crippen molar-refractivity contribution in [3.05, 3.63) is 28.3 Å². The van der Waals surface area contributed by atoms with Gasteiger partial charge in [-0.05, 0) is 37.3 Å². The number of nitro benzene ring substituents is 1. The SMILES string of the molecule is CNc1ccc(S(=O)(=O)N2CC3CCC2C3)c([N+](=O)[O-])c1. The predicted octanol–water partition coefficient (Wildman–Crippen LogP) is 1.81. The Morgan fingerprint density at radius 1 is 1.38 bits per heavy atom. The summed E-state index contributed by atoms with van der Waals surface area (Å²) in [6.07, 6.45) is 2.78. The van der Waals surface area contributed by atoms with Gasteiger partial charge in [-0.3, -0.25) is 10.1 Å². The van der Waals surface area contributed by atoms with E-state index in [1.807, 2.05) is 0 Å². The Morgan fingerprint density at radius 3 is 2.67 bits per heavy atom. The second-order valence-electron chi connectivity index (χ2n) is 5.60. The maximum absolute atomic E-state index is 12.8. The minimum atomic E-state index is -3.81. The molecule has 0 aromatic heterocycles. The number of fused-ring (bicyclic) bond motifs is 2. The van der Waals surface area contributed by atoms with Gasteiger partial charge in [-0.1, -0.05) is 0 Å². The monoisotopic (exact) mass is 311 g/mol. The van der Waals surface area contributed by atoms with Gasteiger partial charge in [0.15, 0.2) is 4.90 Å². The smallest absolute Gasteiger partial charge is 0.291 e. The second kappa shape index (κ2) is 4.96. The van der Waals surface area contributed by atoms with E-state index in [0.29, 0.717) is 18.2 Å². The molecule has 114 valence electrons. The third kappa shape index (κ3) is 2.28. The molecule has 1 aliphatic heterocycles. The summed E-state index contributed by atoms with van der Waals surface area (Å²) in [4.78, 5) is 10.4. The molecule has 0 amide bonds. The fraction of sp³-hybridized carbons (Fsp3) is 0.538. The fourth-order valence-corrected chi connectivity index (χ4v) is 5.22. The Hall–Kier alpha value is -1.67. The largest absolute Gasteiger partial charge is 0.388 e. The molecule has 1 saturated carbocycles. The molecule has 0 spiro atoms. The van der Waals surface area contributed by atoms with E-state index < -0.39 is 14.9 Å². The first-order valence-electron chi connectivity index (χ1n) is 6.91. The first-order chi connectivity index (χ1) is 9.93. The summed E-state index contributed by atoms with van der Waals surface area (Å²) < 4.78 is 26.9. The molecule has 2 bridgehead atoms. The zero-order valence-corrected chi connectivity index (χ0v) is 12.5. The summed E-state index contributed by atoms with van der Waals surface area (Å²) in [7, 11) is -2.17. The van der Waals surface area contributed by atoms with E-state index in [4.69, 9.17) is 0 Å². The molecule has 3 rings (SSSR count). The van der Waals surface area contributed by atoms with Crippen molar-refractivity contribution in [2.45, 2.75) is 30.2 Å². The number of benzene rings is 1. The molecular formula is C13H17N3O4S. The number of hydrogen-bond donors (Lipinski definition) is 1. The molecule has 7 nitrogen and oxygen atoms in total. The summed E-state index contributed by atoms with van der Waals surface area (Å²) in [5.41, 5.74) is 0.146. The highest BCUT2D eigenvalue weighted by Gasteiger charge is 2.45. The molecule has 0 radical (unpaired) electrons. The molecule has 2 fully saturated rings. The number of piperidine rings is 1. The lowest BCUT2D eigenvalue weighted by atomic mass is 10.1. The lowest BCUT2D eigenvalue weighted by Crippen LogP contribution is -2.37. The van der Waals surface area contributed by atoms with E-state index in [-0.39, 0.29) is 16.6 Å². The van der Waals surface area contributed by atoms with E-state index in [0.717, 1.165) is 19.3 Å². The Balaban J connectivity index is 2.05. The van der Waals surface area contributed by atoms with Crippen LogP contribution in [-0.4, -0.2) is 37.3 Å². The minimum Gasteiger partial charge on any atom is -0.388 e. The van der Waals surface area contributed by atoms with E-state index in [9.17, 15) is 18.5 Å². The summed E-state index contributed by atoms with van der Waals surface area (Å²) in [6.45, 7) is 0.484. The number of anilines is 1. The first-order valence-corrected chi connectivity index (χ1v) is 8.35. The molecule has 2 aliphatic rings. The molecule has 2 atom stereocenters. The number of nitro groups is 1. The van der Waals surface area contributed by atoms with Crippen LogP contribution >= 0.6 is 0 Å². The van der Waals surface area contributed by atoms with Crippen molar-refractivity contribution in [3.8, 4) is 0 Å². The van der Waals surface area contributed by atoms with Crippen molar-refractivity contribution in [2.24, 2.45) is 5.92 Å². The van der Waals surface area contributed by atoms with E-state index in [2.05, 4.69) is 5.32 Å². The zero-order chi connectivity index (χ0) is 15.2. The van der Waals surface area contributed by atoms with Crippen LogP contribution in [0.4, 0.5) is 11.4 Å². The third-order valence-electron chi connectivity index (χ3n) is 4.39. The summed E-state index contributed by atoms with van der Waals surface area (Å²) in [6, 6.07) is 4.14. The van der Waals surface area contributed by atoms with Crippen LogP contribution in [0, 0.1) is 16.0 Å². The van der Waals surface area contributed by atoms with Crippen LogP contribution in [0.2, 0.25) is 0 Å². The normalized spacial score (nSPS) is 25.2. The Morgan fingerprint density at radius 2 is 2.14 bits per heavy atom. The maximum atomic E-state index is 12.8. The van der Waals surface area contributed by atoms with Gasteiger partial charge in [-0.25, -0.2) is 8.42 Å². The molecule has 8 heteroatoms. The van der Waals surface area contributed by atoms with Gasteiger partial charge in [-0.2, -0.15) is 4.31 Å². The van der Waals surface area contributed by atoms with Crippen molar-refractivity contribution in [1.82, 2.24) is 4.31 Å². The molecular weight excluding hydrogens is 294 g/mol. The molecule has 21 heavy (non-hydrogen) atoms. The van der Waals surface area contributed by atoms with Gasteiger partial charge in [0.25, 0.3) is 5.69 Å². The average molecular weight is 311 g/mol. The van der Waals surface area contributed by atoms with Crippen LogP contribution in [0.25, 0.3) is 0 Å². The standard InChI is InChI=1S/C13H17N3O4S/c1-14-10-3-5-13(12(7-10)16(17)18)21(19,20)15-8-9-2-4-11(15)6-9/h3,5,7,9,11,14H,2,4,6,8H2,1H3. The highest BCUT2D eigenvalue weighted by Crippen LogP contribution is 2.42. The van der Waals surface area contributed by atoms with Gasteiger partial charge in [0.05, 0.1) is 4.92 Å². The predicted molar refractivity (Wildman–Crippen MR) is 77.7 cm³/mol. The van der Waals surface area contributed by atoms with Crippen molar-refractivity contribution < 1.29 is 13.3 Å². The molecule has 1 saturated heterocycles. The van der Waals surface area contributed by atoms with Crippen LogP contribution in [0.3, 0.4) is 0 Å². The van der Waals surface area contributed by atoms with Crippen LogP contribution in [0.15, 0.2) is 23.1 Å². The molecule has 1 heterocycles. The van der Waals surface area contributed by atoms with E-state index in [1.54, 1.807) is 13.1 Å². The molecule has 1 N–H and O–H groups in total. The number of nitrogens with one attached hydrogen (secondary N) is 1. The van der Waals surface area contributed by atoms with E-state index in [1.165, 1.54) is 16.4 Å². The van der Waals surface area contributed by atoms with Gasteiger partial charge in [-0.15, -0.1) is 0 Å². The first kappa shape index (κ1) is 14.3. The Labute approximate surface area is 123 Å². The Kier molecular flexibility index (Phi) is 3.37. The number of hydrogen-bond acceptors (Lipinski definition) is 5. The van der Waals surface area contributed by atoms with Crippen molar-refractivity contribution >= 4 is 21.4 Å². The van der Waals surface area contributed by atoms with Crippen LogP contribution < -0.4 is 5.32 Å². The summed E-state index contributed by atoms with van der Waals surface area (Å²) in [5, 5.41) is 14.0. The average Bonchev–Trinajstić information content (AvgIpc) is 3.09. The summed E-state index contributed by atoms with van der Waals surface area (Å²) >= 11 is 0. The molecule has 1 aliphatic carbocycles. The number of rotatable bonds is 4. The van der Waals surface area contributed by atoms with Crippen LogP contribution in [0.5, 0.6) is 0 Å². The van der Waals surface area contributed by atoms with Crippen LogP contribution in [0.1, 0.15) is 19.3 Å². The lowest BCUT2D eigenvalue weighted by Gasteiger charge is -2.26. The topological polar surface area (TPSA) is 92.6 Å². The molecule has 1 aromatic carbocycles. The van der Waals surface area contributed by atoms with Gasteiger partial charge in [0.2, 0.25) is 10.0 Å². The Bertz CT molecular complexity index is 689. The third-order valence-corrected chi connectivity index (χ3v) is 6.36. The maximum Gasteiger partial charge on any atom is 0.291 e. The van der Waals surface area contributed by atoms with Gasteiger partial charge >= 0.3 is 0 Å². The molecule has 1 aromatic rings. The van der Waals surface area contributed by atoms with Crippen molar-refractivity contribution in [2.75, 3.05) is 18.9 Å². The summed E-state index contributed by atoms with van der Waals surface area (Å²) in [5.74, 6) is 0.403. The van der Waals surface area contributed by atoms with Gasteiger partial charge in [0.1, 0.15) is 0 Å². The van der Waals surface area contributed by atoms with Crippen molar-refractivity contribution in [1.29, 1.82) is 0 Å². The number of sulfonamides is 1.